The molecule has 2 N–H and O–H groups in total. The first-order valence-electron chi connectivity index (χ1n) is 11.0. The van der Waals surface area contributed by atoms with E-state index in [-0.39, 0.29) is 11.8 Å². The molecule has 166 valence electrons. The van der Waals surface area contributed by atoms with Gasteiger partial charge in [0.1, 0.15) is 6.04 Å². The van der Waals surface area contributed by atoms with E-state index in [1.54, 1.807) is 12.1 Å². The predicted octanol–water partition coefficient (Wildman–Crippen LogP) is 4.27. The summed E-state index contributed by atoms with van der Waals surface area (Å²) in [5, 5.41) is 6.75. The van der Waals surface area contributed by atoms with Crippen LogP contribution in [0, 0.1) is 5.92 Å². The minimum absolute atomic E-state index is 0.115. The molecule has 0 bridgehead atoms. The van der Waals surface area contributed by atoms with Gasteiger partial charge in [0.2, 0.25) is 5.91 Å². The second-order valence-electron chi connectivity index (χ2n) is 8.66. The van der Waals surface area contributed by atoms with Gasteiger partial charge in [-0.1, -0.05) is 55.8 Å². The first-order valence-corrected chi connectivity index (χ1v) is 11.4. The highest BCUT2D eigenvalue weighted by Crippen LogP contribution is 2.20. The Morgan fingerprint density at radius 3 is 2.48 bits per heavy atom. The van der Waals surface area contributed by atoms with Crippen LogP contribution in [0.15, 0.2) is 54.6 Å². The summed E-state index contributed by atoms with van der Waals surface area (Å²) >= 11 is 5.99. The SMILES string of the molecule is CC(C)C[C@H](NC(=O)c1ccccc1)C(=O)NCC1CCCN1Cc1ccc(Cl)cc1. The normalized spacial score (nSPS) is 17.5. The number of carbonyl (C=O) groups excluding carboxylic acids is 2. The van der Waals surface area contributed by atoms with Crippen molar-refractivity contribution in [1.29, 1.82) is 0 Å². The molecule has 2 amide bonds. The van der Waals surface area contributed by atoms with Crippen molar-refractivity contribution >= 4 is 23.4 Å². The third-order valence-electron chi connectivity index (χ3n) is 5.67. The van der Waals surface area contributed by atoms with Crippen molar-refractivity contribution in [2.75, 3.05) is 13.1 Å². The quantitative estimate of drug-likeness (QED) is 0.611. The van der Waals surface area contributed by atoms with Gasteiger partial charge in [-0.3, -0.25) is 14.5 Å². The maximum absolute atomic E-state index is 12.9. The van der Waals surface area contributed by atoms with E-state index >= 15 is 0 Å². The lowest BCUT2D eigenvalue weighted by molar-refractivity contribution is -0.123. The van der Waals surface area contributed by atoms with Crippen molar-refractivity contribution in [3.05, 3.63) is 70.7 Å². The molecule has 31 heavy (non-hydrogen) atoms. The maximum atomic E-state index is 12.9. The highest BCUT2D eigenvalue weighted by atomic mass is 35.5. The molecular weight excluding hydrogens is 410 g/mol. The predicted molar refractivity (Wildman–Crippen MR) is 125 cm³/mol. The Morgan fingerprint density at radius 2 is 1.81 bits per heavy atom. The Morgan fingerprint density at radius 1 is 1.10 bits per heavy atom. The lowest BCUT2D eigenvalue weighted by Gasteiger charge is -2.26. The van der Waals surface area contributed by atoms with Crippen molar-refractivity contribution in [2.24, 2.45) is 5.92 Å². The van der Waals surface area contributed by atoms with Crippen molar-refractivity contribution in [1.82, 2.24) is 15.5 Å². The Bertz CT molecular complexity index is 855. The lowest BCUT2D eigenvalue weighted by atomic mass is 10.0. The second-order valence-corrected chi connectivity index (χ2v) is 9.10. The topological polar surface area (TPSA) is 61.4 Å². The second kappa shape index (κ2) is 11.3. The average molecular weight is 442 g/mol. The number of carbonyl (C=O) groups is 2. The zero-order chi connectivity index (χ0) is 22.2. The fourth-order valence-corrected chi connectivity index (χ4v) is 4.16. The molecule has 2 atom stereocenters. The number of amides is 2. The zero-order valence-corrected chi connectivity index (χ0v) is 19.1. The molecule has 1 aliphatic rings. The molecule has 1 unspecified atom stereocenters. The van der Waals surface area contributed by atoms with Crippen LogP contribution in [0.2, 0.25) is 5.02 Å². The molecule has 2 aromatic rings. The summed E-state index contributed by atoms with van der Waals surface area (Å²) in [7, 11) is 0. The van der Waals surface area contributed by atoms with Crippen LogP contribution in [0.1, 0.15) is 49.0 Å². The molecule has 0 aromatic heterocycles. The molecule has 2 aromatic carbocycles. The van der Waals surface area contributed by atoms with E-state index in [1.807, 2.05) is 42.5 Å². The highest BCUT2D eigenvalue weighted by Gasteiger charge is 2.27. The minimum Gasteiger partial charge on any atom is -0.353 e. The Hall–Kier alpha value is -2.37. The van der Waals surface area contributed by atoms with E-state index in [2.05, 4.69) is 29.4 Å². The Labute approximate surface area is 190 Å². The summed E-state index contributed by atoms with van der Waals surface area (Å²) in [6.45, 7) is 6.56. The molecular formula is C25H32ClN3O2. The Balaban J connectivity index is 1.56. The van der Waals surface area contributed by atoms with Crippen LogP contribution < -0.4 is 10.6 Å². The molecule has 0 saturated carbocycles. The van der Waals surface area contributed by atoms with Gasteiger partial charge in [-0.05, 0) is 61.6 Å². The van der Waals surface area contributed by atoms with Crippen molar-refractivity contribution < 1.29 is 9.59 Å². The molecule has 1 fully saturated rings. The molecule has 1 heterocycles. The van der Waals surface area contributed by atoms with Gasteiger partial charge in [-0.15, -0.1) is 0 Å². The van der Waals surface area contributed by atoms with E-state index in [0.29, 0.717) is 30.5 Å². The molecule has 0 radical (unpaired) electrons. The molecule has 1 aliphatic heterocycles. The van der Waals surface area contributed by atoms with E-state index in [1.165, 1.54) is 5.56 Å². The summed E-state index contributed by atoms with van der Waals surface area (Å²) in [6.07, 6.45) is 2.77. The van der Waals surface area contributed by atoms with Gasteiger partial charge >= 0.3 is 0 Å². The largest absolute Gasteiger partial charge is 0.353 e. The van der Waals surface area contributed by atoms with Gasteiger partial charge in [0.15, 0.2) is 0 Å². The molecule has 5 nitrogen and oxygen atoms in total. The standard InChI is InChI=1S/C25H32ClN3O2/c1-18(2)15-23(28-24(30)20-7-4-3-5-8-20)25(31)27-16-22-9-6-14-29(22)17-19-10-12-21(26)13-11-19/h3-5,7-8,10-13,18,22-23H,6,9,14-17H2,1-2H3,(H,27,31)(H,28,30)/t22?,23-/m0/s1. The monoisotopic (exact) mass is 441 g/mol. The Kier molecular flexibility index (Phi) is 8.50. The highest BCUT2D eigenvalue weighted by molar-refractivity contribution is 6.30. The molecule has 1 saturated heterocycles. The summed E-state index contributed by atoms with van der Waals surface area (Å²) in [5.74, 6) is -0.0392. The number of benzene rings is 2. The fraction of sp³-hybridized carbons (Fsp3) is 0.440. The number of rotatable bonds is 9. The van der Waals surface area contributed by atoms with Gasteiger partial charge in [0, 0.05) is 29.7 Å². The van der Waals surface area contributed by atoms with Gasteiger partial charge in [-0.25, -0.2) is 0 Å². The molecule has 0 spiro atoms. The molecule has 6 heteroatoms. The van der Waals surface area contributed by atoms with Gasteiger partial charge in [0.05, 0.1) is 0 Å². The van der Waals surface area contributed by atoms with Gasteiger partial charge in [0.25, 0.3) is 5.91 Å². The lowest BCUT2D eigenvalue weighted by Crippen LogP contribution is -2.50. The van der Waals surface area contributed by atoms with Crippen LogP contribution in [0.4, 0.5) is 0 Å². The minimum atomic E-state index is -0.543. The van der Waals surface area contributed by atoms with Crippen LogP contribution in [0.3, 0.4) is 0 Å². The van der Waals surface area contributed by atoms with Crippen LogP contribution in [0.5, 0.6) is 0 Å². The number of nitrogens with one attached hydrogen (secondary N) is 2. The summed E-state index contributed by atoms with van der Waals surface area (Å²) in [4.78, 5) is 27.9. The number of halogens is 1. The smallest absolute Gasteiger partial charge is 0.251 e. The first-order chi connectivity index (χ1) is 14.9. The van der Waals surface area contributed by atoms with Crippen molar-refractivity contribution in [3.8, 4) is 0 Å². The first kappa shape index (κ1) is 23.3. The fourth-order valence-electron chi connectivity index (χ4n) is 4.03. The van der Waals surface area contributed by atoms with E-state index in [9.17, 15) is 9.59 Å². The number of hydrogen-bond donors (Lipinski definition) is 2. The number of likely N-dealkylation sites (tertiary alicyclic amines) is 1. The summed E-state index contributed by atoms with van der Waals surface area (Å²) in [6, 6.07) is 16.7. The molecule has 0 aliphatic carbocycles. The third kappa shape index (κ3) is 7.08. The van der Waals surface area contributed by atoms with Crippen LogP contribution >= 0.6 is 11.6 Å². The zero-order valence-electron chi connectivity index (χ0n) is 18.3. The van der Waals surface area contributed by atoms with Crippen LogP contribution in [0.25, 0.3) is 0 Å². The summed E-state index contributed by atoms with van der Waals surface area (Å²) in [5.41, 5.74) is 1.78. The van der Waals surface area contributed by atoms with E-state index < -0.39 is 6.04 Å². The molecule has 3 rings (SSSR count). The number of hydrogen-bond acceptors (Lipinski definition) is 3. The van der Waals surface area contributed by atoms with Gasteiger partial charge in [-0.2, -0.15) is 0 Å². The van der Waals surface area contributed by atoms with E-state index in [0.717, 1.165) is 31.0 Å². The maximum Gasteiger partial charge on any atom is 0.251 e. The van der Waals surface area contributed by atoms with Gasteiger partial charge < -0.3 is 10.6 Å². The number of nitrogens with zero attached hydrogens (tertiary/aromatic N) is 1. The summed E-state index contributed by atoms with van der Waals surface area (Å²) < 4.78 is 0. The van der Waals surface area contributed by atoms with Crippen molar-refractivity contribution in [2.45, 2.75) is 51.7 Å². The van der Waals surface area contributed by atoms with Crippen LogP contribution in [-0.4, -0.2) is 41.9 Å². The van der Waals surface area contributed by atoms with E-state index in [4.69, 9.17) is 11.6 Å². The average Bonchev–Trinajstić information content (AvgIpc) is 3.20. The van der Waals surface area contributed by atoms with Crippen molar-refractivity contribution in [3.63, 3.8) is 0 Å². The van der Waals surface area contributed by atoms with Crippen LogP contribution in [-0.2, 0) is 11.3 Å². The third-order valence-corrected chi connectivity index (χ3v) is 5.93.